The molecular formula is C7H16ClNO. The van der Waals surface area contributed by atoms with Gasteiger partial charge in [-0.15, -0.1) is 12.4 Å². The Kier molecular flexibility index (Phi) is 5.04. The predicted molar refractivity (Wildman–Crippen MR) is 44.7 cm³/mol. The van der Waals surface area contributed by atoms with Gasteiger partial charge < -0.3 is 10.1 Å². The van der Waals surface area contributed by atoms with Crippen LogP contribution in [-0.2, 0) is 4.74 Å². The van der Waals surface area contributed by atoms with Gasteiger partial charge in [0.1, 0.15) is 0 Å². The Labute approximate surface area is 68.7 Å². The van der Waals surface area contributed by atoms with Crippen LogP contribution >= 0.6 is 12.4 Å². The minimum atomic E-state index is 0. The molecule has 2 nitrogen and oxygen atoms in total. The lowest BCUT2D eigenvalue weighted by Gasteiger charge is -2.27. The molecule has 0 saturated carbocycles. The summed E-state index contributed by atoms with van der Waals surface area (Å²) in [5, 5.41) is 3.32. The van der Waals surface area contributed by atoms with Gasteiger partial charge in [0.05, 0.1) is 6.10 Å². The highest BCUT2D eigenvalue weighted by atomic mass is 35.5. The van der Waals surface area contributed by atoms with Gasteiger partial charge in [0.2, 0.25) is 0 Å². The SMILES string of the molecule is CO[C@@H]1CCNC[C@H]1C.Cl. The summed E-state index contributed by atoms with van der Waals surface area (Å²) < 4.78 is 5.26. The first-order valence-corrected chi connectivity index (χ1v) is 3.58. The van der Waals surface area contributed by atoms with Crippen molar-refractivity contribution in [2.45, 2.75) is 19.4 Å². The maximum Gasteiger partial charge on any atom is 0.0621 e. The van der Waals surface area contributed by atoms with Crippen LogP contribution in [0.25, 0.3) is 0 Å². The summed E-state index contributed by atoms with van der Waals surface area (Å²) in [6, 6.07) is 0. The lowest BCUT2D eigenvalue weighted by molar-refractivity contribution is 0.0380. The fourth-order valence-electron chi connectivity index (χ4n) is 1.34. The molecule has 3 heteroatoms. The topological polar surface area (TPSA) is 21.3 Å². The second kappa shape index (κ2) is 4.94. The van der Waals surface area contributed by atoms with Crippen LogP contribution < -0.4 is 5.32 Å². The van der Waals surface area contributed by atoms with Crippen LogP contribution in [0.5, 0.6) is 0 Å². The van der Waals surface area contributed by atoms with E-state index in [-0.39, 0.29) is 12.4 Å². The Morgan fingerprint density at radius 3 is 2.60 bits per heavy atom. The van der Waals surface area contributed by atoms with E-state index in [1.165, 1.54) is 0 Å². The number of halogens is 1. The molecule has 0 spiro atoms. The Balaban J connectivity index is 0.000000810. The summed E-state index contributed by atoms with van der Waals surface area (Å²) in [7, 11) is 1.80. The number of piperidine rings is 1. The molecule has 1 saturated heterocycles. The molecule has 1 aliphatic rings. The van der Waals surface area contributed by atoms with Gasteiger partial charge in [-0.25, -0.2) is 0 Å². The molecule has 0 amide bonds. The second-order valence-corrected chi connectivity index (χ2v) is 2.74. The summed E-state index contributed by atoms with van der Waals surface area (Å²) in [6.45, 7) is 4.45. The summed E-state index contributed by atoms with van der Waals surface area (Å²) in [6.07, 6.45) is 1.66. The average Bonchev–Trinajstić information content (AvgIpc) is 1.89. The molecule has 0 aromatic carbocycles. The lowest BCUT2D eigenvalue weighted by atomic mass is 9.98. The highest BCUT2D eigenvalue weighted by molar-refractivity contribution is 5.85. The Bertz CT molecular complexity index is 89.7. The molecule has 0 bridgehead atoms. The monoisotopic (exact) mass is 165 g/mol. The van der Waals surface area contributed by atoms with E-state index in [1.54, 1.807) is 7.11 Å². The largest absolute Gasteiger partial charge is 0.381 e. The quantitative estimate of drug-likeness (QED) is 0.628. The first-order chi connectivity index (χ1) is 4.34. The van der Waals surface area contributed by atoms with Crippen molar-refractivity contribution in [1.29, 1.82) is 0 Å². The van der Waals surface area contributed by atoms with E-state index in [0.717, 1.165) is 19.5 Å². The van der Waals surface area contributed by atoms with Crippen molar-refractivity contribution < 1.29 is 4.74 Å². The van der Waals surface area contributed by atoms with Crippen molar-refractivity contribution in [3.63, 3.8) is 0 Å². The molecule has 0 aromatic heterocycles. The molecule has 0 unspecified atom stereocenters. The van der Waals surface area contributed by atoms with Gasteiger partial charge in [0.25, 0.3) is 0 Å². The van der Waals surface area contributed by atoms with E-state index in [2.05, 4.69) is 12.2 Å². The Morgan fingerprint density at radius 1 is 1.50 bits per heavy atom. The molecular weight excluding hydrogens is 150 g/mol. The average molecular weight is 166 g/mol. The van der Waals surface area contributed by atoms with E-state index in [9.17, 15) is 0 Å². The van der Waals surface area contributed by atoms with E-state index in [4.69, 9.17) is 4.74 Å². The van der Waals surface area contributed by atoms with Crippen molar-refractivity contribution in [3.8, 4) is 0 Å². The second-order valence-electron chi connectivity index (χ2n) is 2.74. The minimum absolute atomic E-state index is 0. The Hall–Kier alpha value is 0.210. The van der Waals surface area contributed by atoms with Gasteiger partial charge in [0, 0.05) is 13.7 Å². The van der Waals surface area contributed by atoms with E-state index in [1.807, 2.05) is 0 Å². The number of hydrogen-bond acceptors (Lipinski definition) is 2. The zero-order chi connectivity index (χ0) is 6.69. The highest BCUT2D eigenvalue weighted by Crippen LogP contribution is 2.12. The van der Waals surface area contributed by atoms with Crippen molar-refractivity contribution in [3.05, 3.63) is 0 Å². The van der Waals surface area contributed by atoms with Gasteiger partial charge >= 0.3 is 0 Å². The smallest absolute Gasteiger partial charge is 0.0621 e. The standard InChI is InChI=1S/C7H15NO.ClH/c1-6-5-8-4-3-7(6)9-2;/h6-8H,3-5H2,1-2H3;1H/t6-,7-;/m1./s1. The molecule has 62 valence electrons. The molecule has 1 aliphatic heterocycles. The Morgan fingerprint density at radius 2 is 2.20 bits per heavy atom. The molecule has 1 rings (SSSR count). The summed E-state index contributed by atoms with van der Waals surface area (Å²) in [5.41, 5.74) is 0. The number of ether oxygens (including phenoxy) is 1. The molecule has 0 radical (unpaired) electrons. The van der Waals surface area contributed by atoms with Crippen molar-refractivity contribution in [1.82, 2.24) is 5.32 Å². The van der Waals surface area contributed by atoms with Crippen molar-refractivity contribution in [2.75, 3.05) is 20.2 Å². The highest BCUT2D eigenvalue weighted by Gasteiger charge is 2.19. The van der Waals surface area contributed by atoms with Crippen LogP contribution in [0.1, 0.15) is 13.3 Å². The van der Waals surface area contributed by atoms with Crippen molar-refractivity contribution in [2.24, 2.45) is 5.92 Å². The number of methoxy groups -OCH3 is 1. The van der Waals surface area contributed by atoms with Crippen LogP contribution in [-0.4, -0.2) is 26.3 Å². The van der Waals surface area contributed by atoms with Gasteiger partial charge in [-0.05, 0) is 18.9 Å². The third kappa shape index (κ3) is 2.45. The zero-order valence-corrected chi connectivity index (χ0v) is 7.41. The maximum absolute atomic E-state index is 5.26. The third-order valence-electron chi connectivity index (χ3n) is 2.01. The zero-order valence-electron chi connectivity index (χ0n) is 6.59. The van der Waals surface area contributed by atoms with E-state index < -0.39 is 0 Å². The fourth-order valence-corrected chi connectivity index (χ4v) is 1.34. The molecule has 0 aliphatic carbocycles. The van der Waals surface area contributed by atoms with E-state index in [0.29, 0.717) is 12.0 Å². The molecule has 10 heavy (non-hydrogen) atoms. The summed E-state index contributed by atoms with van der Waals surface area (Å²) in [5.74, 6) is 0.684. The first kappa shape index (κ1) is 10.2. The van der Waals surface area contributed by atoms with E-state index >= 15 is 0 Å². The van der Waals surface area contributed by atoms with Gasteiger partial charge in [0.15, 0.2) is 0 Å². The number of hydrogen-bond donors (Lipinski definition) is 1. The molecule has 2 atom stereocenters. The maximum atomic E-state index is 5.26. The third-order valence-corrected chi connectivity index (χ3v) is 2.01. The molecule has 1 N–H and O–H groups in total. The van der Waals surface area contributed by atoms with Gasteiger partial charge in [-0.3, -0.25) is 0 Å². The van der Waals surface area contributed by atoms with Crippen LogP contribution in [0, 0.1) is 5.92 Å². The fraction of sp³-hybridized carbons (Fsp3) is 1.00. The van der Waals surface area contributed by atoms with Crippen LogP contribution in [0.15, 0.2) is 0 Å². The summed E-state index contributed by atoms with van der Waals surface area (Å²) >= 11 is 0. The number of rotatable bonds is 1. The molecule has 0 aromatic rings. The molecule has 1 heterocycles. The number of nitrogens with one attached hydrogen (secondary N) is 1. The lowest BCUT2D eigenvalue weighted by Crippen LogP contribution is -2.39. The predicted octanol–water partition coefficient (Wildman–Crippen LogP) is 1.05. The van der Waals surface area contributed by atoms with Gasteiger partial charge in [-0.1, -0.05) is 6.92 Å². The van der Waals surface area contributed by atoms with Crippen LogP contribution in [0.4, 0.5) is 0 Å². The van der Waals surface area contributed by atoms with Crippen LogP contribution in [0.2, 0.25) is 0 Å². The van der Waals surface area contributed by atoms with Crippen LogP contribution in [0.3, 0.4) is 0 Å². The minimum Gasteiger partial charge on any atom is -0.381 e. The van der Waals surface area contributed by atoms with Gasteiger partial charge in [-0.2, -0.15) is 0 Å². The first-order valence-electron chi connectivity index (χ1n) is 3.58. The summed E-state index contributed by atoms with van der Waals surface area (Å²) in [4.78, 5) is 0. The molecule has 1 fully saturated rings. The normalized spacial score (nSPS) is 33.0. The van der Waals surface area contributed by atoms with Crippen molar-refractivity contribution >= 4 is 12.4 Å².